The molecule has 2 amide bonds. The highest BCUT2D eigenvalue weighted by Crippen LogP contribution is 2.05. The molecular formula is C9H15N3O2. The summed E-state index contributed by atoms with van der Waals surface area (Å²) in [5, 5.41) is 8.66. The van der Waals surface area contributed by atoms with E-state index in [-0.39, 0.29) is 12.5 Å². The van der Waals surface area contributed by atoms with Gasteiger partial charge in [0.2, 0.25) is 11.8 Å². The molecule has 0 bridgehead atoms. The Morgan fingerprint density at radius 2 is 2.07 bits per heavy atom. The number of amides is 2. The number of hydrogen-bond donors (Lipinski definition) is 1. The van der Waals surface area contributed by atoms with Gasteiger partial charge in [-0.05, 0) is 13.3 Å². The maximum absolute atomic E-state index is 11.6. The standard InChI is InChI=1S/C9H15N3O2/c1-3-7(5-10)9(14)12(4-2)6-8(11)13/h7H,3-4,6H2,1-2H3,(H2,11,13). The fraction of sp³-hybridized carbons (Fsp3) is 0.667. The van der Waals surface area contributed by atoms with Crippen molar-refractivity contribution >= 4 is 11.8 Å². The lowest BCUT2D eigenvalue weighted by molar-refractivity contribution is -0.137. The zero-order valence-electron chi connectivity index (χ0n) is 8.49. The molecule has 5 nitrogen and oxygen atoms in total. The molecule has 0 saturated heterocycles. The minimum atomic E-state index is -0.672. The van der Waals surface area contributed by atoms with Crippen LogP contribution in [0.3, 0.4) is 0 Å². The molecule has 0 aromatic rings. The van der Waals surface area contributed by atoms with E-state index in [1.807, 2.05) is 6.07 Å². The van der Waals surface area contributed by atoms with Crippen molar-refractivity contribution in [2.75, 3.05) is 13.1 Å². The Balaban J connectivity index is 4.45. The molecule has 0 aromatic carbocycles. The second-order valence-electron chi connectivity index (χ2n) is 2.91. The number of nitrogens with zero attached hydrogens (tertiary/aromatic N) is 2. The van der Waals surface area contributed by atoms with Gasteiger partial charge in [-0.2, -0.15) is 5.26 Å². The molecule has 0 heterocycles. The molecule has 0 aliphatic rings. The first-order chi connectivity index (χ1) is 6.56. The Morgan fingerprint density at radius 3 is 2.36 bits per heavy atom. The Labute approximate surface area is 83.5 Å². The summed E-state index contributed by atoms with van der Waals surface area (Å²) in [4.78, 5) is 23.5. The van der Waals surface area contributed by atoms with Gasteiger partial charge in [-0.3, -0.25) is 9.59 Å². The van der Waals surface area contributed by atoms with Crippen LogP contribution < -0.4 is 5.73 Å². The van der Waals surface area contributed by atoms with E-state index in [1.54, 1.807) is 13.8 Å². The lowest BCUT2D eigenvalue weighted by Gasteiger charge is -2.20. The number of hydrogen-bond acceptors (Lipinski definition) is 3. The number of primary amides is 1. The van der Waals surface area contributed by atoms with Crippen LogP contribution >= 0.6 is 0 Å². The van der Waals surface area contributed by atoms with Crippen LogP contribution in [0.4, 0.5) is 0 Å². The van der Waals surface area contributed by atoms with Gasteiger partial charge in [0, 0.05) is 6.54 Å². The van der Waals surface area contributed by atoms with Gasteiger partial charge < -0.3 is 10.6 Å². The van der Waals surface area contributed by atoms with Gasteiger partial charge in [0.1, 0.15) is 5.92 Å². The van der Waals surface area contributed by atoms with E-state index < -0.39 is 11.8 Å². The highest BCUT2D eigenvalue weighted by Gasteiger charge is 2.22. The van der Waals surface area contributed by atoms with Gasteiger partial charge in [-0.25, -0.2) is 0 Å². The molecule has 0 aliphatic heterocycles. The van der Waals surface area contributed by atoms with E-state index in [0.717, 1.165) is 0 Å². The van der Waals surface area contributed by atoms with Crippen LogP contribution in [0.15, 0.2) is 0 Å². The average Bonchev–Trinajstić information content (AvgIpc) is 2.15. The van der Waals surface area contributed by atoms with E-state index in [4.69, 9.17) is 11.0 Å². The van der Waals surface area contributed by atoms with Crippen molar-refractivity contribution in [2.24, 2.45) is 11.7 Å². The van der Waals surface area contributed by atoms with Crippen LogP contribution in [0.5, 0.6) is 0 Å². The van der Waals surface area contributed by atoms with Gasteiger partial charge >= 0.3 is 0 Å². The molecule has 0 saturated carbocycles. The van der Waals surface area contributed by atoms with Crippen LogP contribution in [-0.4, -0.2) is 29.8 Å². The third-order valence-corrected chi connectivity index (χ3v) is 1.90. The molecule has 5 heteroatoms. The van der Waals surface area contributed by atoms with E-state index in [1.165, 1.54) is 4.90 Å². The summed E-state index contributed by atoms with van der Waals surface area (Å²) >= 11 is 0. The van der Waals surface area contributed by atoms with Gasteiger partial charge in [0.25, 0.3) is 0 Å². The quantitative estimate of drug-likeness (QED) is 0.666. The van der Waals surface area contributed by atoms with Crippen molar-refractivity contribution in [3.8, 4) is 6.07 Å². The van der Waals surface area contributed by atoms with Crippen LogP contribution in [-0.2, 0) is 9.59 Å². The third kappa shape index (κ3) is 3.44. The fourth-order valence-corrected chi connectivity index (χ4v) is 1.08. The summed E-state index contributed by atoms with van der Waals surface area (Å²) in [6.07, 6.45) is 0.449. The lowest BCUT2D eigenvalue weighted by Crippen LogP contribution is -2.41. The van der Waals surface area contributed by atoms with Crippen LogP contribution in [0, 0.1) is 17.2 Å². The normalized spacial score (nSPS) is 11.5. The van der Waals surface area contributed by atoms with Crippen molar-refractivity contribution in [2.45, 2.75) is 20.3 Å². The zero-order chi connectivity index (χ0) is 11.1. The van der Waals surface area contributed by atoms with Crippen LogP contribution in [0.1, 0.15) is 20.3 Å². The Morgan fingerprint density at radius 1 is 1.50 bits per heavy atom. The Hall–Kier alpha value is -1.57. The predicted molar refractivity (Wildman–Crippen MR) is 50.8 cm³/mol. The van der Waals surface area contributed by atoms with Crippen LogP contribution in [0.25, 0.3) is 0 Å². The first-order valence-electron chi connectivity index (χ1n) is 4.53. The summed E-state index contributed by atoms with van der Waals surface area (Å²) in [6.45, 7) is 3.77. The number of nitrogens with two attached hydrogens (primary N) is 1. The first kappa shape index (κ1) is 12.4. The van der Waals surface area contributed by atoms with Crippen molar-refractivity contribution < 1.29 is 9.59 Å². The molecule has 1 unspecified atom stereocenters. The topological polar surface area (TPSA) is 87.2 Å². The zero-order valence-corrected chi connectivity index (χ0v) is 8.49. The number of nitriles is 1. The minimum Gasteiger partial charge on any atom is -0.368 e. The van der Waals surface area contributed by atoms with Crippen molar-refractivity contribution in [3.05, 3.63) is 0 Å². The van der Waals surface area contributed by atoms with E-state index in [0.29, 0.717) is 13.0 Å². The summed E-state index contributed by atoms with van der Waals surface area (Å²) in [6, 6.07) is 1.90. The third-order valence-electron chi connectivity index (χ3n) is 1.90. The minimum absolute atomic E-state index is 0.118. The molecule has 2 N–H and O–H groups in total. The monoisotopic (exact) mass is 197 g/mol. The van der Waals surface area contributed by atoms with E-state index in [9.17, 15) is 9.59 Å². The highest BCUT2D eigenvalue weighted by molar-refractivity contribution is 5.86. The Bertz CT molecular complexity index is 257. The summed E-state index contributed by atoms with van der Waals surface area (Å²) in [5.74, 6) is -1.56. The molecular weight excluding hydrogens is 182 g/mol. The van der Waals surface area contributed by atoms with Gasteiger partial charge in [0.05, 0.1) is 12.6 Å². The molecule has 14 heavy (non-hydrogen) atoms. The average molecular weight is 197 g/mol. The van der Waals surface area contributed by atoms with Crippen LogP contribution in [0.2, 0.25) is 0 Å². The van der Waals surface area contributed by atoms with E-state index in [2.05, 4.69) is 0 Å². The van der Waals surface area contributed by atoms with Gasteiger partial charge in [-0.15, -0.1) is 0 Å². The lowest BCUT2D eigenvalue weighted by atomic mass is 10.1. The molecule has 0 fully saturated rings. The van der Waals surface area contributed by atoms with Crippen molar-refractivity contribution in [1.82, 2.24) is 4.90 Å². The largest absolute Gasteiger partial charge is 0.368 e. The second kappa shape index (κ2) is 5.97. The second-order valence-corrected chi connectivity index (χ2v) is 2.91. The number of carbonyl (C=O) groups excluding carboxylic acids is 2. The molecule has 0 aromatic heterocycles. The maximum Gasteiger partial charge on any atom is 0.240 e. The fourth-order valence-electron chi connectivity index (χ4n) is 1.08. The first-order valence-corrected chi connectivity index (χ1v) is 4.53. The molecule has 0 spiro atoms. The number of carbonyl (C=O) groups is 2. The summed E-state index contributed by atoms with van der Waals surface area (Å²) < 4.78 is 0. The maximum atomic E-state index is 11.6. The van der Waals surface area contributed by atoms with Crippen molar-refractivity contribution in [1.29, 1.82) is 5.26 Å². The van der Waals surface area contributed by atoms with Gasteiger partial charge in [-0.1, -0.05) is 6.92 Å². The molecule has 0 radical (unpaired) electrons. The Kier molecular flexibility index (Phi) is 5.30. The molecule has 0 rings (SSSR count). The summed E-state index contributed by atoms with van der Waals surface area (Å²) in [7, 11) is 0. The molecule has 1 atom stereocenters. The van der Waals surface area contributed by atoms with Crippen molar-refractivity contribution in [3.63, 3.8) is 0 Å². The van der Waals surface area contributed by atoms with E-state index >= 15 is 0 Å². The molecule has 0 aliphatic carbocycles. The highest BCUT2D eigenvalue weighted by atomic mass is 16.2. The smallest absolute Gasteiger partial charge is 0.240 e. The predicted octanol–water partition coefficient (Wildman–Crippen LogP) is -0.130. The number of rotatable bonds is 5. The van der Waals surface area contributed by atoms with Gasteiger partial charge in [0.15, 0.2) is 0 Å². The number of likely N-dealkylation sites (N-methyl/N-ethyl adjacent to an activating group) is 1. The SMILES string of the molecule is CCC(C#N)C(=O)N(CC)CC(N)=O. The summed E-state index contributed by atoms with van der Waals surface area (Å²) in [5.41, 5.74) is 4.97. The molecule has 78 valence electrons.